The molecule has 0 aliphatic heterocycles. The van der Waals surface area contributed by atoms with Crippen molar-refractivity contribution in [1.29, 1.82) is 0 Å². The number of aromatic nitrogens is 4. The van der Waals surface area contributed by atoms with Gasteiger partial charge in [-0.1, -0.05) is 11.6 Å². The van der Waals surface area contributed by atoms with Crippen LogP contribution in [0, 0.1) is 6.92 Å². The zero-order valence-corrected chi connectivity index (χ0v) is 11.1. The highest BCUT2D eigenvalue weighted by Crippen LogP contribution is 2.34. The summed E-state index contributed by atoms with van der Waals surface area (Å²) < 4.78 is 1.75. The average molecular weight is 273 g/mol. The van der Waals surface area contributed by atoms with Gasteiger partial charge in [0, 0.05) is 0 Å². The third kappa shape index (κ3) is 2.47. The molecule has 1 heterocycles. The summed E-state index contributed by atoms with van der Waals surface area (Å²) in [6.45, 7) is 2.11. The second-order valence-electron chi connectivity index (χ2n) is 4.97. The van der Waals surface area contributed by atoms with Crippen molar-refractivity contribution >= 4 is 5.91 Å². The van der Waals surface area contributed by atoms with Crippen molar-refractivity contribution in [1.82, 2.24) is 25.5 Å². The average Bonchev–Trinajstić information content (AvgIpc) is 3.18. The van der Waals surface area contributed by atoms with E-state index in [4.69, 9.17) is 0 Å². The zero-order valence-electron chi connectivity index (χ0n) is 11.1. The summed E-state index contributed by atoms with van der Waals surface area (Å²) in [5, 5.41) is 23.9. The first-order valence-electron chi connectivity index (χ1n) is 6.49. The Hall–Kier alpha value is -2.44. The summed E-state index contributed by atoms with van der Waals surface area (Å²) >= 11 is 0. The third-order valence-corrected chi connectivity index (χ3v) is 3.26. The number of amides is 1. The van der Waals surface area contributed by atoms with Crippen LogP contribution in [-0.4, -0.2) is 31.2 Å². The van der Waals surface area contributed by atoms with Crippen LogP contribution in [0.15, 0.2) is 18.2 Å². The number of aromatic hydroxyl groups is 1. The number of carbonyl (C=O) groups excluding carboxylic acids is 1. The SMILES string of the molecule is Cc1ccc(O)c(C(=O)NCc2nnnn2C2CC2)c1. The minimum atomic E-state index is -0.337. The van der Waals surface area contributed by atoms with E-state index in [-0.39, 0.29) is 23.8 Å². The zero-order chi connectivity index (χ0) is 14.1. The number of hydrogen-bond donors (Lipinski definition) is 2. The number of tetrazole rings is 1. The molecule has 2 N–H and O–H groups in total. The van der Waals surface area contributed by atoms with Gasteiger partial charge in [-0.05, 0) is 42.3 Å². The van der Waals surface area contributed by atoms with Gasteiger partial charge in [0.1, 0.15) is 5.75 Å². The van der Waals surface area contributed by atoms with Gasteiger partial charge < -0.3 is 10.4 Å². The molecule has 3 rings (SSSR count). The number of nitrogens with one attached hydrogen (secondary N) is 1. The normalized spacial score (nSPS) is 14.2. The Balaban J connectivity index is 1.70. The van der Waals surface area contributed by atoms with Crippen molar-refractivity contribution in [2.24, 2.45) is 0 Å². The van der Waals surface area contributed by atoms with Crippen LogP contribution in [0.4, 0.5) is 0 Å². The summed E-state index contributed by atoms with van der Waals surface area (Å²) in [4.78, 5) is 12.1. The van der Waals surface area contributed by atoms with Crippen LogP contribution in [0.2, 0.25) is 0 Å². The second kappa shape index (κ2) is 4.92. The molecular formula is C13H15N5O2. The van der Waals surface area contributed by atoms with Gasteiger partial charge in [0.05, 0.1) is 18.2 Å². The predicted molar refractivity (Wildman–Crippen MR) is 70.1 cm³/mol. The predicted octanol–water partition coefficient (Wildman–Crippen LogP) is 0.952. The van der Waals surface area contributed by atoms with Crippen LogP contribution >= 0.6 is 0 Å². The molecule has 1 fully saturated rings. The largest absolute Gasteiger partial charge is 0.507 e. The Labute approximate surface area is 115 Å². The van der Waals surface area contributed by atoms with Gasteiger partial charge in [0.2, 0.25) is 0 Å². The lowest BCUT2D eigenvalue weighted by Crippen LogP contribution is -2.25. The summed E-state index contributed by atoms with van der Waals surface area (Å²) in [5.41, 5.74) is 1.17. The first-order chi connectivity index (χ1) is 9.65. The minimum absolute atomic E-state index is 0.0325. The summed E-state index contributed by atoms with van der Waals surface area (Å²) in [7, 11) is 0. The van der Waals surface area contributed by atoms with Crippen LogP contribution in [0.1, 0.15) is 40.6 Å². The number of benzene rings is 1. The lowest BCUT2D eigenvalue weighted by molar-refractivity contribution is 0.0946. The molecule has 1 amide bonds. The van der Waals surface area contributed by atoms with Gasteiger partial charge in [-0.2, -0.15) is 0 Å². The maximum absolute atomic E-state index is 12.1. The van der Waals surface area contributed by atoms with Crippen molar-refractivity contribution in [3.05, 3.63) is 35.2 Å². The van der Waals surface area contributed by atoms with Crippen LogP contribution in [0.5, 0.6) is 5.75 Å². The Kier molecular flexibility index (Phi) is 3.09. The molecule has 1 aliphatic carbocycles. The Morgan fingerprint density at radius 1 is 1.50 bits per heavy atom. The Bertz CT molecular complexity index is 648. The van der Waals surface area contributed by atoms with E-state index < -0.39 is 0 Å². The van der Waals surface area contributed by atoms with E-state index in [2.05, 4.69) is 20.8 Å². The Morgan fingerprint density at radius 2 is 2.30 bits per heavy atom. The second-order valence-corrected chi connectivity index (χ2v) is 4.97. The molecule has 0 unspecified atom stereocenters. The van der Waals surface area contributed by atoms with Crippen LogP contribution in [0.25, 0.3) is 0 Å². The van der Waals surface area contributed by atoms with Gasteiger partial charge in [0.15, 0.2) is 5.82 Å². The highest BCUT2D eigenvalue weighted by atomic mass is 16.3. The standard InChI is InChI=1S/C13H15N5O2/c1-8-2-5-11(19)10(6-8)13(20)14-7-12-15-16-17-18(12)9-3-4-9/h2,5-6,9,19H,3-4,7H2,1H3,(H,14,20). The third-order valence-electron chi connectivity index (χ3n) is 3.26. The van der Waals surface area contributed by atoms with Gasteiger partial charge >= 0.3 is 0 Å². The van der Waals surface area contributed by atoms with Crippen LogP contribution in [-0.2, 0) is 6.54 Å². The number of phenols is 1. The summed E-state index contributed by atoms with van der Waals surface area (Å²) in [6.07, 6.45) is 2.15. The van der Waals surface area contributed by atoms with Crippen molar-refractivity contribution in [3.8, 4) is 5.75 Å². The molecule has 7 heteroatoms. The number of rotatable bonds is 4. The fraction of sp³-hybridized carbons (Fsp3) is 0.385. The monoisotopic (exact) mass is 273 g/mol. The van der Waals surface area contributed by atoms with Crippen molar-refractivity contribution in [2.45, 2.75) is 32.4 Å². The fourth-order valence-electron chi connectivity index (χ4n) is 2.02. The number of carbonyl (C=O) groups is 1. The van der Waals surface area contributed by atoms with Gasteiger partial charge in [-0.25, -0.2) is 4.68 Å². The van der Waals surface area contributed by atoms with Gasteiger partial charge in [-0.3, -0.25) is 4.79 Å². The van der Waals surface area contributed by atoms with E-state index in [1.807, 2.05) is 6.92 Å². The van der Waals surface area contributed by atoms with Gasteiger partial charge in [0.25, 0.3) is 5.91 Å². The number of phenolic OH excluding ortho intramolecular Hbond substituents is 1. The topological polar surface area (TPSA) is 92.9 Å². The first kappa shape index (κ1) is 12.6. The van der Waals surface area contributed by atoms with Crippen molar-refractivity contribution < 1.29 is 9.90 Å². The molecule has 1 saturated carbocycles. The van der Waals surface area contributed by atoms with E-state index in [9.17, 15) is 9.90 Å². The van der Waals surface area contributed by atoms with E-state index in [0.717, 1.165) is 18.4 Å². The highest BCUT2D eigenvalue weighted by molar-refractivity contribution is 5.96. The molecule has 0 spiro atoms. The van der Waals surface area contributed by atoms with Crippen molar-refractivity contribution in [2.75, 3.05) is 0 Å². The number of hydrogen-bond acceptors (Lipinski definition) is 5. The number of aryl methyl sites for hydroxylation is 1. The van der Waals surface area contributed by atoms with E-state index in [0.29, 0.717) is 11.9 Å². The fourth-order valence-corrected chi connectivity index (χ4v) is 2.02. The number of nitrogens with zero attached hydrogens (tertiary/aromatic N) is 4. The highest BCUT2D eigenvalue weighted by Gasteiger charge is 2.27. The summed E-state index contributed by atoms with van der Waals surface area (Å²) in [6, 6.07) is 5.27. The molecule has 0 atom stereocenters. The molecule has 7 nitrogen and oxygen atoms in total. The molecule has 0 saturated heterocycles. The van der Waals surface area contributed by atoms with E-state index in [1.54, 1.807) is 16.8 Å². The molecular weight excluding hydrogens is 258 g/mol. The lowest BCUT2D eigenvalue weighted by atomic mass is 10.1. The molecule has 0 radical (unpaired) electrons. The molecule has 104 valence electrons. The minimum Gasteiger partial charge on any atom is -0.507 e. The van der Waals surface area contributed by atoms with Crippen LogP contribution in [0.3, 0.4) is 0 Å². The molecule has 0 bridgehead atoms. The smallest absolute Gasteiger partial charge is 0.255 e. The lowest BCUT2D eigenvalue weighted by Gasteiger charge is -2.07. The quantitative estimate of drug-likeness (QED) is 0.865. The van der Waals surface area contributed by atoms with Crippen molar-refractivity contribution in [3.63, 3.8) is 0 Å². The molecule has 20 heavy (non-hydrogen) atoms. The maximum Gasteiger partial charge on any atom is 0.255 e. The molecule has 1 aromatic carbocycles. The van der Waals surface area contributed by atoms with E-state index >= 15 is 0 Å². The van der Waals surface area contributed by atoms with Gasteiger partial charge in [-0.15, -0.1) is 5.10 Å². The first-order valence-corrected chi connectivity index (χ1v) is 6.49. The molecule has 2 aromatic rings. The summed E-state index contributed by atoms with van der Waals surface area (Å²) in [5.74, 6) is 0.263. The Morgan fingerprint density at radius 3 is 3.05 bits per heavy atom. The molecule has 1 aliphatic rings. The van der Waals surface area contributed by atoms with E-state index in [1.165, 1.54) is 6.07 Å². The van der Waals surface area contributed by atoms with Crippen LogP contribution < -0.4 is 5.32 Å². The maximum atomic E-state index is 12.1. The molecule has 1 aromatic heterocycles.